The lowest BCUT2D eigenvalue weighted by Gasteiger charge is -2.20. The number of Topliss-reactive ketones (excluding diaryl/α,β-unsaturated/α-hetero) is 2. The fourth-order valence-electron chi connectivity index (χ4n) is 2.82. The highest BCUT2D eigenvalue weighted by atomic mass is 16.5. The second-order valence-electron chi connectivity index (χ2n) is 6.48. The molecule has 0 fully saturated rings. The first-order chi connectivity index (χ1) is 12.7. The number of hydrogen-bond acceptors (Lipinski definition) is 6. The van der Waals surface area contributed by atoms with E-state index in [1.807, 2.05) is 13.8 Å². The number of methoxy groups -OCH3 is 2. The molecule has 0 aliphatic heterocycles. The fourth-order valence-corrected chi connectivity index (χ4v) is 2.82. The van der Waals surface area contributed by atoms with Crippen molar-refractivity contribution in [1.29, 1.82) is 0 Å². The summed E-state index contributed by atoms with van der Waals surface area (Å²) in [6.45, 7) is 5.17. The van der Waals surface area contributed by atoms with E-state index >= 15 is 0 Å². The molecule has 0 saturated heterocycles. The van der Waals surface area contributed by atoms with Crippen molar-refractivity contribution in [2.24, 2.45) is 0 Å². The molecule has 27 heavy (non-hydrogen) atoms. The highest BCUT2D eigenvalue weighted by Crippen LogP contribution is 2.29. The Balaban J connectivity index is 2.39. The number of aromatic hydroxyl groups is 1. The van der Waals surface area contributed by atoms with Crippen molar-refractivity contribution < 1.29 is 29.0 Å². The number of ketones is 2. The Bertz CT molecular complexity index is 863. The lowest BCUT2D eigenvalue weighted by Crippen LogP contribution is -2.30. The van der Waals surface area contributed by atoms with Gasteiger partial charge in [-0.2, -0.15) is 0 Å². The van der Waals surface area contributed by atoms with Crippen molar-refractivity contribution in [3.8, 4) is 5.75 Å². The molecular weight excluding hydrogens is 350 g/mol. The summed E-state index contributed by atoms with van der Waals surface area (Å²) < 4.78 is 10.1. The maximum absolute atomic E-state index is 12.7. The van der Waals surface area contributed by atoms with Crippen LogP contribution in [0.2, 0.25) is 0 Å². The first kappa shape index (κ1) is 20.2. The predicted octanol–water partition coefficient (Wildman–Crippen LogP) is 2.05. The van der Waals surface area contributed by atoms with Gasteiger partial charge >= 0.3 is 0 Å². The molecule has 144 valence electrons. The number of rotatable bonds is 6. The maximum atomic E-state index is 12.7. The third-order valence-electron chi connectivity index (χ3n) is 4.20. The molecular formula is C20H23NO6. The number of benzene rings is 1. The summed E-state index contributed by atoms with van der Waals surface area (Å²) in [7, 11) is 2.60. The van der Waals surface area contributed by atoms with Crippen LogP contribution in [0.3, 0.4) is 0 Å². The zero-order chi connectivity index (χ0) is 20.3. The van der Waals surface area contributed by atoms with E-state index in [1.54, 1.807) is 13.0 Å². The molecule has 7 heteroatoms. The summed E-state index contributed by atoms with van der Waals surface area (Å²) in [6.07, 6.45) is 0.114. The Morgan fingerprint density at radius 3 is 2.26 bits per heavy atom. The molecule has 0 aromatic heterocycles. The van der Waals surface area contributed by atoms with E-state index in [4.69, 9.17) is 9.47 Å². The number of ether oxygens (including phenoxy) is 2. The molecule has 2 rings (SSSR count). The third kappa shape index (κ3) is 4.02. The molecule has 1 aliphatic carbocycles. The quantitative estimate of drug-likeness (QED) is 0.740. The van der Waals surface area contributed by atoms with Gasteiger partial charge in [-0.15, -0.1) is 0 Å². The van der Waals surface area contributed by atoms with Gasteiger partial charge in [0.1, 0.15) is 5.75 Å². The largest absolute Gasteiger partial charge is 0.507 e. The number of amides is 1. The minimum Gasteiger partial charge on any atom is -0.507 e. The van der Waals surface area contributed by atoms with Crippen LogP contribution in [0.25, 0.3) is 0 Å². The summed E-state index contributed by atoms with van der Waals surface area (Å²) in [5, 5.41) is 12.7. The van der Waals surface area contributed by atoms with Crippen LogP contribution in [0.5, 0.6) is 5.75 Å². The third-order valence-corrected chi connectivity index (χ3v) is 4.20. The Hall–Kier alpha value is -3.09. The lowest BCUT2D eigenvalue weighted by atomic mass is 9.88. The normalized spacial score (nSPS) is 14.7. The monoisotopic (exact) mass is 373 g/mol. The summed E-state index contributed by atoms with van der Waals surface area (Å²) in [6, 6.07) is 4.41. The zero-order valence-corrected chi connectivity index (χ0v) is 16.0. The van der Waals surface area contributed by atoms with Crippen LogP contribution in [-0.4, -0.2) is 42.8 Å². The van der Waals surface area contributed by atoms with Gasteiger partial charge in [0.15, 0.2) is 0 Å². The number of nitrogens with one attached hydrogen (secondary N) is 1. The standard InChI is InChI=1S/C20H23NO6/c1-10(2)21-20(25)14-9-12(6-7-15(14)22)8-13-11(3)16(23)18(26-4)19(27-5)17(13)24/h6-7,9-10,22H,8H2,1-5H3,(H,21,25). The van der Waals surface area contributed by atoms with E-state index < -0.39 is 17.5 Å². The van der Waals surface area contributed by atoms with Gasteiger partial charge < -0.3 is 19.9 Å². The van der Waals surface area contributed by atoms with Crippen molar-refractivity contribution in [2.75, 3.05) is 14.2 Å². The maximum Gasteiger partial charge on any atom is 0.255 e. The smallest absolute Gasteiger partial charge is 0.255 e. The lowest BCUT2D eigenvalue weighted by molar-refractivity contribution is -0.121. The van der Waals surface area contributed by atoms with E-state index in [2.05, 4.69) is 5.32 Å². The highest BCUT2D eigenvalue weighted by molar-refractivity contribution is 6.23. The number of hydrogen-bond donors (Lipinski definition) is 2. The molecule has 0 radical (unpaired) electrons. The van der Waals surface area contributed by atoms with Gasteiger partial charge in [0.2, 0.25) is 23.1 Å². The Morgan fingerprint density at radius 2 is 1.70 bits per heavy atom. The van der Waals surface area contributed by atoms with Crippen molar-refractivity contribution in [3.63, 3.8) is 0 Å². The van der Waals surface area contributed by atoms with E-state index in [0.29, 0.717) is 5.56 Å². The Labute approximate surface area is 157 Å². The molecule has 1 aromatic rings. The highest BCUT2D eigenvalue weighted by Gasteiger charge is 2.34. The first-order valence-electron chi connectivity index (χ1n) is 8.45. The second-order valence-corrected chi connectivity index (χ2v) is 6.48. The molecule has 0 spiro atoms. The van der Waals surface area contributed by atoms with E-state index in [1.165, 1.54) is 26.4 Å². The minimum absolute atomic E-state index is 0.0927. The molecule has 1 amide bonds. The fraction of sp³-hybridized carbons (Fsp3) is 0.350. The topological polar surface area (TPSA) is 102 Å². The zero-order valence-electron chi connectivity index (χ0n) is 16.0. The molecule has 2 N–H and O–H groups in total. The van der Waals surface area contributed by atoms with Gasteiger partial charge in [-0.3, -0.25) is 14.4 Å². The Kier molecular flexibility index (Phi) is 6.05. The van der Waals surface area contributed by atoms with Crippen molar-refractivity contribution in [2.45, 2.75) is 33.2 Å². The molecule has 1 aliphatic rings. The molecule has 0 bridgehead atoms. The summed E-state index contributed by atoms with van der Waals surface area (Å²) in [5.41, 5.74) is 1.24. The van der Waals surface area contributed by atoms with E-state index in [-0.39, 0.29) is 46.4 Å². The van der Waals surface area contributed by atoms with Gasteiger partial charge in [0, 0.05) is 23.6 Å². The van der Waals surface area contributed by atoms with Crippen molar-refractivity contribution in [1.82, 2.24) is 5.32 Å². The van der Waals surface area contributed by atoms with Crippen molar-refractivity contribution >= 4 is 17.5 Å². The van der Waals surface area contributed by atoms with Crippen LogP contribution in [-0.2, 0) is 25.5 Å². The predicted molar refractivity (Wildman–Crippen MR) is 98.2 cm³/mol. The summed E-state index contributed by atoms with van der Waals surface area (Å²) >= 11 is 0. The first-order valence-corrected chi connectivity index (χ1v) is 8.45. The molecule has 0 heterocycles. The van der Waals surface area contributed by atoms with Crippen LogP contribution < -0.4 is 5.32 Å². The summed E-state index contributed by atoms with van der Waals surface area (Å²) in [5.74, 6) is -1.69. The van der Waals surface area contributed by atoms with E-state index in [0.717, 1.165) is 0 Å². The average molecular weight is 373 g/mol. The molecule has 1 aromatic carbocycles. The molecule has 7 nitrogen and oxygen atoms in total. The van der Waals surface area contributed by atoms with Crippen LogP contribution in [0, 0.1) is 0 Å². The average Bonchev–Trinajstić information content (AvgIpc) is 2.62. The van der Waals surface area contributed by atoms with Crippen LogP contribution in [0.1, 0.15) is 36.7 Å². The number of carbonyl (C=O) groups excluding carboxylic acids is 3. The van der Waals surface area contributed by atoms with Gasteiger partial charge in [0.25, 0.3) is 5.91 Å². The van der Waals surface area contributed by atoms with Gasteiger partial charge in [0.05, 0.1) is 19.8 Å². The van der Waals surface area contributed by atoms with Crippen LogP contribution in [0.15, 0.2) is 40.9 Å². The van der Waals surface area contributed by atoms with Crippen LogP contribution >= 0.6 is 0 Å². The van der Waals surface area contributed by atoms with Gasteiger partial charge in [-0.05, 0) is 38.5 Å². The number of phenols is 1. The van der Waals surface area contributed by atoms with Gasteiger partial charge in [-0.25, -0.2) is 0 Å². The number of carbonyl (C=O) groups is 3. The number of allylic oxidation sites excluding steroid dienone is 2. The van der Waals surface area contributed by atoms with E-state index in [9.17, 15) is 19.5 Å². The summed E-state index contributed by atoms with van der Waals surface area (Å²) in [4.78, 5) is 37.4. The molecule has 0 atom stereocenters. The molecule has 0 unspecified atom stereocenters. The molecule has 0 saturated carbocycles. The van der Waals surface area contributed by atoms with Crippen LogP contribution in [0.4, 0.5) is 0 Å². The van der Waals surface area contributed by atoms with Gasteiger partial charge in [-0.1, -0.05) is 6.07 Å². The SMILES string of the molecule is COC1=C(OC)C(=O)C(Cc2ccc(O)c(C(=O)NC(C)C)c2)=C(C)C1=O. The minimum atomic E-state index is -0.437. The second kappa shape index (κ2) is 8.07. The van der Waals surface area contributed by atoms with Crippen molar-refractivity contribution in [3.05, 3.63) is 52.0 Å². The number of phenolic OH excluding ortho intramolecular Hbond substituents is 1. The Morgan fingerprint density at radius 1 is 1.11 bits per heavy atom.